The molecule has 0 bridgehead atoms. The third-order valence-corrected chi connectivity index (χ3v) is 4.80. The van der Waals surface area contributed by atoms with Crippen LogP contribution in [0.1, 0.15) is 43.0 Å². The van der Waals surface area contributed by atoms with Gasteiger partial charge in [0.15, 0.2) is 6.61 Å². The highest BCUT2D eigenvalue weighted by atomic mass is 16.5. The molecule has 2 aromatic rings. The van der Waals surface area contributed by atoms with Crippen LogP contribution >= 0.6 is 0 Å². The number of rotatable bonds is 4. The first-order chi connectivity index (χ1) is 11.6. The second kappa shape index (κ2) is 7.47. The van der Waals surface area contributed by atoms with Gasteiger partial charge in [0.1, 0.15) is 0 Å². The minimum Gasteiger partial charge on any atom is -0.452 e. The monoisotopic (exact) mass is 325 g/mol. The fourth-order valence-electron chi connectivity index (χ4n) is 3.39. The van der Waals surface area contributed by atoms with E-state index in [2.05, 4.69) is 12.2 Å². The van der Waals surface area contributed by atoms with Crippen LogP contribution in [0.5, 0.6) is 0 Å². The smallest absolute Gasteiger partial charge is 0.339 e. The molecule has 0 heterocycles. The van der Waals surface area contributed by atoms with Crippen LogP contribution in [0.15, 0.2) is 42.5 Å². The van der Waals surface area contributed by atoms with Crippen molar-refractivity contribution in [3.8, 4) is 0 Å². The SMILES string of the molecule is C[C@@H]1CCCC[C@@H]1NC(=O)COC(=O)c1cccc2ccccc12. The van der Waals surface area contributed by atoms with E-state index in [-0.39, 0.29) is 18.6 Å². The van der Waals surface area contributed by atoms with E-state index in [0.29, 0.717) is 11.5 Å². The molecule has 0 aliphatic heterocycles. The highest BCUT2D eigenvalue weighted by molar-refractivity contribution is 6.04. The summed E-state index contributed by atoms with van der Waals surface area (Å²) in [5, 5.41) is 4.81. The molecule has 0 spiro atoms. The molecule has 24 heavy (non-hydrogen) atoms. The Morgan fingerprint density at radius 3 is 2.67 bits per heavy atom. The van der Waals surface area contributed by atoms with Gasteiger partial charge in [-0.05, 0) is 35.6 Å². The van der Waals surface area contributed by atoms with Crippen molar-refractivity contribution in [3.63, 3.8) is 0 Å². The molecule has 1 fully saturated rings. The Bertz CT molecular complexity index is 735. The molecule has 1 N–H and O–H groups in total. The molecule has 2 aromatic carbocycles. The number of fused-ring (bicyclic) bond motifs is 1. The molecule has 2 atom stereocenters. The van der Waals surface area contributed by atoms with Crippen molar-refractivity contribution in [2.24, 2.45) is 5.92 Å². The second-order valence-corrected chi connectivity index (χ2v) is 6.54. The van der Waals surface area contributed by atoms with Gasteiger partial charge in [-0.15, -0.1) is 0 Å². The van der Waals surface area contributed by atoms with Crippen LogP contribution in [0.25, 0.3) is 10.8 Å². The Balaban J connectivity index is 1.59. The van der Waals surface area contributed by atoms with Gasteiger partial charge in [0, 0.05) is 6.04 Å². The van der Waals surface area contributed by atoms with Gasteiger partial charge in [-0.25, -0.2) is 4.79 Å². The molecule has 0 saturated heterocycles. The summed E-state index contributed by atoms with van der Waals surface area (Å²) >= 11 is 0. The summed E-state index contributed by atoms with van der Waals surface area (Å²) in [5.41, 5.74) is 0.493. The molecular weight excluding hydrogens is 302 g/mol. The molecule has 1 saturated carbocycles. The molecule has 0 aromatic heterocycles. The highest BCUT2D eigenvalue weighted by Crippen LogP contribution is 2.23. The van der Waals surface area contributed by atoms with Crippen LogP contribution in [0.3, 0.4) is 0 Å². The Morgan fingerprint density at radius 1 is 1.08 bits per heavy atom. The summed E-state index contributed by atoms with van der Waals surface area (Å²) < 4.78 is 5.22. The average Bonchev–Trinajstić information content (AvgIpc) is 2.61. The zero-order chi connectivity index (χ0) is 16.9. The van der Waals surface area contributed by atoms with Crippen LogP contribution in [0.4, 0.5) is 0 Å². The van der Waals surface area contributed by atoms with E-state index in [1.54, 1.807) is 6.07 Å². The molecule has 3 rings (SSSR count). The van der Waals surface area contributed by atoms with Crippen LogP contribution in [-0.2, 0) is 9.53 Å². The van der Waals surface area contributed by atoms with Crippen molar-refractivity contribution in [1.82, 2.24) is 5.32 Å². The lowest BCUT2D eigenvalue weighted by molar-refractivity contribution is -0.125. The molecule has 1 amide bonds. The maximum atomic E-state index is 12.3. The van der Waals surface area contributed by atoms with E-state index in [0.717, 1.165) is 30.0 Å². The maximum Gasteiger partial charge on any atom is 0.339 e. The van der Waals surface area contributed by atoms with Crippen molar-refractivity contribution in [1.29, 1.82) is 0 Å². The molecule has 0 radical (unpaired) electrons. The van der Waals surface area contributed by atoms with Crippen LogP contribution in [-0.4, -0.2) is 24.5 Å². The van der Waals surface area contributed by atoms with Crippen molar-refractivity contribution >= 4 is 22.6 Å². The van der Waals surface area contributed by atoms with Crippen molar-refractivity contribution < 1.29 is 14.3 Å². The predicted octanol–water partition coefficient (Wildman–Crippen LogP) is 3.69. The molecule has 1 aliphatic rings. The fourth-order valence-corrected chi connectivity index (χ4v) is 3.39. The average molecular weight is 325 g/mol. The Kier molecular flexibility index (Phi) is 5.14. The topological polar surface area (TPSA) is 55.4 Å². The molecule has 126 valence electrons. The number of amides is 1. The number of benzene rings is 2. The van der Waals surface area contributed by atoms with Crippen LogP contribution < -0.4 is 5.32 Å². The zero-order valence-electron chi connectivity index (χ0n) is 14.0. The number of carbonyl (C=O) groups is 2. The van der Waals surface area contributed by atoms with Gasteiger partial charge in [0.2, 0.25) is 0 Å². The van der Waals surface area contributed by atoms with Crippen LogP contribution in [0, 0.1) is 5.92 Å². The van der Waals surface area contributed by atoms with E-state index in [1.165, 1.54) is 6.42 Å². The minimum absolute atomic E-state index is 0.197. The standard InChI is InChI=1S/C20H23NO3/c1-14-7-2-5-12-18(14)21-19(22)13-24-20(23)17-11-6-9-15-8-3-4-10-16(15)17/h3-4,6,8-11,14,18H,2,5,7,12-13H2,1H3,(H,21,22)/t14-,18+/m1/s1. The van der Waals surface area contributed by atoms with Gasteiger partial charge >= 0.3 is 5.97 Å². The number of hydrogen-bond donors (Lipinski definition) is 1. The lowest BCUT2D eigenvalue weighted by Crippen LogP contribution is -2.42. The van der Waals surface area contributed by atoms with Gasteiger partial charge in [-0.1, -0.05) is 56.2 Å². The van der Waals surface area contributed by atoms with Gasteiger partial charge < -0.3 is 10.1 Å². The number of carbonyl (C=O) groups excluding carboxylic acids is 2. The Hall–Kier alpha value is -2.36. The van der Waals surface area contributed by atoms with E-state index >= 15 is 0 Å². The normalized spacial score (nSPS) is 20.5. The largest absolute Gasteiger partial charge is 0.452 e. The highest BCUT2D eigenvalue weighted by Gasteiger charge is 2.23. The first-order valence-electron chi connectivity index (χ1n) is 8.59. The number of ether oxygens (including phenoxy) is 1. The molecule has 1 aliphatic carbocycles. The van der Waals surface area contributed by atoms with E-state index in [9.17, 15) is 9.59 Å². The summed E-state index contributed by atoms with van der Waals surface area (Å²) in [7, 11) is 0. The lowest BCUT2D eigenvalue weighted by atomic mass is 9.86. The summed E-state index contributed by atoms with van der Waals surface area (Å²) in [4.78, 5) is 24.4. The lowest BCUT2D eigenvalue weighted by Gasteiger charge is -2.29. The summed E-state index contributed by atoms with van der Waals surface area (Å²) in [6.07, 6.45) is 4.51. The van der Waals surface area contributed by atoms with Crippen LogP contribution in [0.2, 0.25) is 0 Å². The molecule has 0 unspecified atom stereocenters. The van der Waals surface area contributed by atoms with E-state index in [1.807, 2.05) is 36.4 Å². The van der Waals surface area contributed by atoms with Gasteiger partial charge in [0.25, 0.3) is 5.91 Å². The predicted molar refractivity (Wildman–Crippen MR) is 93.8 cm³/mol. The third-order valence-electron chi connectivity index (χ3n) is 4.80. The van der Waals surface area contributed by atoms with Crippen molar-refractivity contribution in [2.45, 2.75) is 38.6 Å². The molecule has 4 nitrogen and oxygen atoms in total. The second-order valence-electron chi connectivity index (χ2n) is 6.54. The fraction of sp³-hybridized carbons (Fsp3) is 0.400. The zero-order valence-corrected chi connectivity index (χ0v) is 14.0. The Labute approximate surface area is 142 Å². The molecule has 4 heteroatoms. The van der Waals surface area contributed by atoms with Crippen molar-refractivity contribution in [3.05, 3.63) is 48.0 Å². The third kappa shape index (κ3) is 3.75. The first kappa shape index (κ1) is 16.5. The minimum atomic E-state index is -0.460. The quantitative estimate of drug-likeness (QED) is 0.872. The van der Waals surface area contributed by atoms with Gasteiger partial charge in [0.05, 0.1) is 5.56 Å². The van der Waals surface area contributed by atoms with E-state index < -0.39 is 5.97 Å². The van der Waals surface area contributed by atoms with Crippen molar-refractivity contribution in [2.75, 3.05) is 6.61 Å². The first-order valence-corrected chi connectivity index (χ1v) is 8.59. The maximum absolute atomic E-state index is 12.3. The summed E-state index contributed by atoms with van der Waals surface area (Å²) in [6.45, 7) is 1.93. The number of hydrogen-bond acceptors (Lipinski definition) is 3. The summed E-state index contributed by atoms with van der Waals surface area (Å²) in [6, 6.07) is 13.3. The van der Waals surface area contributed by atoms with Gasteiger partial charge in [-0.3, -0.25) is 4.79 Å². The molecular formula is C20H23NO3. The van der Waals surface area contributed by atoms with Gasteiger partial charge in [-0.2, -0.15) is 0 Å². The number of nitrogens with one attached hydrogen (secondary N) is 1. The van der Waals surface area contributed by atoms with E-state index in [4.69, 9.17) is 4.74 Å². The number of esters is 1. The Morgan fingerprint density at radius 2 is 1.83 bits per heavy atom. The summed E-state index contributed by atoms with van der Waals surface area (Å²) in [5.74, 6) is -0.197.